The van der Waals surface area contributed by atoms with Crippen molar-refractivity contribution in [2.75, 3.05) is 0 Å². The Bertz CT molecular complexity index is 390. The maximum Gasteiger partial charge on any atom is 0.0600 e. The first-order valence-electron chi connectivity index (χ1n) is 6.98. The van der Waals surface area contributed by atoms with Crippen LogP contribution in [0.5, 0.6) is 0 Å². The molecule has 1 aliphatic rings. The normalized spacial score (nSPS) is 33.8. The van der Waals surface area contributed by atoms with Crippen LogP contribution in [-0.2, 0) is 11.3 Å². The van der Waals surface area contributed by atoms with Gasteiger partial charge in [-0.15, -0.1) is 0 Å². The predicted molar refractivity (Wildman–Crippen MR) is 72.1 cm³/mol. The highest BCUT2D eigenvalue weighted by molar-refractivity contribution is 5.13. The summed E-state index contributed by atoms with van der Waals surface area (Å²) in [5.74, 6) is 0.865. The highest BCUT2D eigenvalue weighted by Gasteiger charge is 2.41. The maximum absolute atomic E-state index is 6.42. The summed E-state index contributed by atoms with van der Waals surface area (Å²) in [5, 5.41) is 4.36. The molecule has 4 heteroatoms. The van der Waals surface area contributed by atoms with Crippen LogP contribution in [0.3, 0.4) is 0 Å². The average molecular weight is 251 g/mol. The van der Waals surface area contributed by atoms with E-state index in [4.69, 9.17) is 10.5 Å². The smallest absolute Gasteiger partial charge is 0.0600 e. The van der Waals surface area contributed by atoms with Gasteiger partial charge in [0.2, 0.25) is 0 Å². The van der Waals surface area contributed by atoms with E-state index < -0.39 is 0 Å². The lowest BCUT2D eigenvalue weighted by Gasteiger charge is -2.24. The second kappa shape index (κ2) is 5.41. The van der Waals surface area contributed by atoms with E-state index in [-0.39, 0.29) is 12.1 Å². The first kappa shape index (κ1) is 13.6. The van der Waals surface area contributed by atoms with Crippen molar-refractivity contribution in [3.05, 3.63) is 18.0 Å². The molecule has 0 saturated carbocycles. The molecule has 102 valence electrons. The molecule has 4 nitrogen and oxygen atoms in total. The number of hydrogen-bond donors (Lipinski definition) is 1. The Morgan fingerprint density at radius 2 is 2.11 bits per heavy atom. The van der Waals surface area contributed by atoms with Crippen LogP contribution in [0.4, 0.5) is 0 Å². The molecule has 2 rings (SSSR count). The van der Waals surface area contributed by atoms with Crippen LogP contribution in [0.2, 0.25) is 0 Å². The molecule has 1 fully saturated rings. The van der Waals surface area contributed by atoms with E-state index >= 15 is 0 Å². The predicted octanol–water partition coefficient (Wildman–Crippen LogP) is 2.35. The van der Waals surface area contributed by atoms with E-state index in [1.807, 2.05) is 10.9 Å². The zero-order chi connectivity index (χ0) is 13.3. The topological polar surface area (TPSA) is 53.1 Å². The Hall–Kier alpha value is -0.870. The number of nitrogens with zero attached hydrogens (tertiary/aromatic N) is 2. The quantitative estimate of drug-likeness (QED) is 0.893. The fourth-order valence-electron chi connectivity index (χ4n) is 3.04. The number of nitrogens with two attached hydrogens (primary N) is 1. The van der Waals surface area contributed by atoms with Gasteiger partial charge in [0, 0.05) is 30.3 Å². The van der Waals surface area contributed by atoms with Crippen LogP contribution in [-0.4, -0.2) is 22.0 Å². The number of aryl methyl sites for hydroxylation is 1. The summed E-state index contributed by atoms with van der Waals surface area (Å²) < 4.78 is 7.85. The molecular formula is C14H25N3O. The lowest BCUT2D eigenvalue weighted by molar-refractivity contribution is 0.0489. The second-order valence-corrected chi connectivity index (χ2v) is 5.55. The number of hydrogen-bond acceptors (Lipinski definition) is 3. The SMILES string of the molecule is CCCn1cc(C(N)C2C(C)OC(C)C2C)cn1. The summed E-state index contributed by atoms with van der Waals surface area (Å²) in [6, 6.07) is 0.0190. The Labute approximate surface area is 110 Å². The van der Waals surface area contributed by atoms with Crippen molar-refractivity contribution >= 4 is 0 Å². The molecule has 0 aromatic carbocycles. The number of rotatable bonds is 4. The highest BCUT2D eigenvalue weighted by Crippen LogP contribution is 2.39. The molecule has 0 bridgehead atoms. The third kappa shape index (κ3) is 2.45. The third-order valence-electron chi connectivity index (χ3n) is 4.22. The fraction of sp³-hybridized carbons (Fsp3) is 0.786. The minimum absolute atomic E-state index is 0.0190. The van der Waals surface area contributed by atoms with E-state index in [0.29, 0.717) is 17.9 Å². The Morgan fingerprint density at radius 3 is 2.67 bits per heavy atom. The van der Waals surface area contributed by atoms with Crippen molar-refractivity contribution in [3.8, 4) is 0 Å². The van der Waals surface area contributed by atoms with Crippen LogP contribution in [0.15, 0.2) is 12.4 Å². The molecule has 0 spiro atoms. The van der Waals surface area contributed by atoms with Gasteiger partial charge in [-0.2, -0.15) is 5.10 Å². The summed E-state index contributed by atoms with van der Waals surface area (Å²) in [6.45, 7) is 9.60. The molecule has 2 heterocycles. The minimum atomic E-state index is 0.0190. The molecule has 1 aromatic heterocycles. The van der Waals surface area contributed by atoms with Crippen LogP contribution in [0.25, 0.3) is 0 Å². The molecule has 0 amide bonds. The van der Waals surface area contributed by atoms with E-state index in [1.165, 1.54) is 0 Å². The summed E-state index contributed by atoms with van der Waals surface area (Å²) >= 11 is 0. The van der Waals surface area contributed by atoms with E-state index in [1.54, 1.807) is 0 Å². The molecule has 5 unspecified atom stereocenters. The van der Waals surface area contributed by atoms with Gasteiger partial charge in [0.15, 0.2) is 0 Å². The van der Waals surface area contributed by atoms with Crippen molar-refractivity contribution in [1.29, 1.82) is 0 Å². The van der Waals surface area contributed by atoms with E-state index in [9.17, 15) is 0 Å². The second-order valence-electron chi connectivity index (χ2n) is 5.55. The monoisotopic (exact) mass is 251 g/mol. The molecular weight excluding hydrogens is 226 g/mol. The van der Waals surface area contributed by atoms with Crippen LogP contribution < -0.4 is 5.73 Å². The van der Waals surface area contributed by atoms with Crippen LogP contribution in [0, 0.1) is 11.8 Å². The summed E-state index contributed by atoms with van der Waals surface area (Å²) in [4.78, 5) is 0. The zero-order valence-electron chi connectivity index (χ0n) is 11.8. The van der Waals surface area contributed by atoms with Gasteiger partial charge in [-0.05, 0) is 26.2 Å². The van der Waals surface area contributed by atoms with Crippen molar-refractivity contribution in [1.82, 2.24) is 9.78 Å². The molecule has 1 aliphatic heterocycles. The lowest BCUT2D eigenvalue weighted by Crippen LogP contribution is -2.30. The van der Waals surface area contributed by atoms with E-state index in [0.717, 1.165) is 18.5 Å². The largest absolute Gasteiger partial charge is 0.375 e. The van der Waals surface area contributed by atoms with Gasteiger partial charge in [0.05, 0.1) is 18.4 Å². The van der Waals surface area contributed by atoms with Gasteiger partial charge >= 0.3 is 0 Å². The minimum Gasteiger partial charge on any atom is -0.375 e. The molecule has 0 aliphatic carbocycles. The number of aromatic nitrogens is 2. The Morgan fingerprint density at radius 1 is 1.39 bits per heavy atom. The van der Waals surface area contributed by atoms with Gasteiger partial charge in [-0.25, -0.2) is 0 Å². The van der Waals surface area contributed by atoms with Crippen molar-refractivity contribution in [2.24, 2.45) is 17.6 Å². The standard InChI is InChI=1S/C14H25N3O/c1-5-6-17-8-12(7-16-17)14(15)13-9(2)10(3)18-11(13)4/h7-11,13-14H,5-6,15H2,1-4H3. The third-order valence-corrected chi connectivity index (χ3v) is 4.22. The number of ether oxygens (including phenoxy) is 1. The fourth-order valence-corrected chi connectivity index (χ4v) is 3.04. The van der Waals surface area contributed by atoms with Gasteiger partial charge in [-0.1, -0.05) is 13.8 Å². The lowest BCUT2D eigenvalue weighted by atomic mass is 9.82. The first-order valence-corrected chi connectivity index (χ1v) is 6.98. The first-order chi connectivity index (χ1) is 8.54. The van der Waals surface area contributed by atoms with Gasteiger partial charge in [0.1, 0.15) is 0 Å². The van der Waals surface area contributed by atoms with Gasteiger partial charge in [0.25, 0.3) is 0 Å². The molecule has 1 saturated heterocycles. The Balaban J connectivity index is 2.12. The maximum atomic E-state index is 6.42. The summed E-state index contributed by atoms with van der Waals surface area (Å²) in [6.07, 6.45) is 5.59. The Kier molecular flexibility index (Phi) is 4.07. The summed E-state index contributed by atoms with van der Waals surface area (Å²) in [7, 11) is 0. The van der Waals surface area contributed by atoms with Crippen molar-refractivity contribution < 1.29 is 4.74 Å². The summed E-state index contributed by atoms with van der Waals surface area (Å²) in [5.41, 5.74) is 7.55. The molecule has 5 atom stereocenters. The van der Waals surface area contributed by atoms with Gasteiger partial charge in [-0.3, -0.25) is 4.68 Å². The van der Waals surface area contributed by atoms with Crippen LogP contribution >= 0.6 is 0 Å². The molecule has 2 N–H and O–H groups in total. The zero-order valence-corrected chi connectivity index (χ0v) is 11.8. The van der Waals surface area contributed by atoms with Crippen molar-refractivity contribution in [3.63, 3.8) is 0 Å². The molecule has 18 heavy (non-hydrogen) atoms. The molecule has 0 radical (unpaired) electrons. The van der Waals surface area contributed by atoms with Crippen molar-refractivity contribution in [2.45, 2.75) is 58.9 Å². The van der Waals surface area contributed by atoms with Crippen LogP contribution in [0.1, 0.15) is 45.7 Å². The average Bonchev–Trinajstić information content (AvgIpc) is 2.86. The van der Waals surface area contributed by atoms with E-state index in [2.05, 4.69) is 39.0 Å². The molecule has 1 aromatic rings. The highest BCUT2D eigenvalue weighted by atomic mass is 16.5. The van der Waals surface area contributed by atoms with Gasteiger partial charge < -0.3 is 10.5 Å².